The molecule has 54 valence electrons. The Bertz CT molecular complexity index is 201. The van der Waals surface area contributed by atoms with E-state index in [0.29, 0.717) is 0 Å². The zero-order chi connectivity index (χ0) is 7.61. The third-order valence-electron chi connectivity index (χ3n) is 1.57. The van der Waals surface area contributed by atoms with Gasteiger partial charge in [0.2, 0.25) is 0 Å². The molecular weight excluding hydrogens is 143 g/mol. The minimum Gasteiger partial charge on any atom is -0.184 e. The van der Waals surface area contributed by atoms with Gasteiger partial charge in [-0.1, -0.05) is 19.6 Å². The van der Waals surface area contributed by atoms with Crippen molar-refractivity contribution in [2.45, 2.75) is 19.6 Å². The van der Waals surface area contributed by atoms with E-state index in [-0.39, 0.29) is 18.9 Å². The Morgan fingerprint density at radius 1 is 1.27 bits per heavy atom. The smallest absolute Gasteiger partial charge is 0.184 e. The molecule has 0 atom stereocenters. The van der Waals surface area contributed by atoms with Crippen LogP contribution in [0.1, 0.15) is 0 Å². The van der Waals surface area contributed by atoms with Crippen LogP contribution >= 0.6 is 0 Å². The summed E-state index contributed by atoms with van der Waals surface area (Å²) in [6.07, 6.45) is 0. The molecule has 0 saturated carbocycles. The van der Waals surface area contributed by atoms with E-state index in [0.717, 1.165) is 0 Å². The van der Waals surface area contributed by atoms with Gasteiger partial charge in [0.05, 0.1) is 0 Å². The fraction of sp³-hybridized carbons (Fsp3) is 0.333. The molecule has 0 fully saturated rings. The summed E-state index contributed by atoms with van der Waals surface area (Å²) < 4.78 is 0. The van der Waals surface area contributed by atoms with Gasteiger partial charge >= 0.3 is 18.9 Å². The topological polar surface area (TPSA) is 0 Å². The molecule has 1 rings (SSSR count). The summed E-state index contributed by atoms with van der Waals surface area (Å²) in [5.41, 5.74) is 0. The molecule has 0 aliphatic carbocycles. The van der Waals surface area contributed by atoms with Crippen molar-refractivity contribution in [3.63, 3.8) is 0 Å². The molecule has 0 aliphatic rings. The second kappa shape index (κ2) is 4.16. The molecule has 11 heavy (non-hydrogen) atoms. The summed E-state index contributed by atoms with van der Waals surface area (Å²) >= 11 is 0. The number of rotatable bonds is 1. The Hall–Kier alpha value is 0.0343. The number of hydrogen-bond acceptors (Lipinski definition) is 0. The Kier molecular flexibility index (Phi) is 4.17. The molecule has 0 radical (unpaired) electrons. The van der Waals surface area contributed by atoms with E-state index in [1.165, 1.54) is 5.19 Å². The van der Waals surface area contributed by atoms with E-state index in [2.05, 4.69) is 43.9 Å². The van der Waals surface area contributed by atoms with Gasteiger partial charge in [-0.15, -0.1) is 0 Å². The van der Waals surface area contributed by atoms with Crippen molar-refractivity contribution in [3.05, 3.63) is 30.3 Å². The van der Waals surface area contributed by atoms with Crippen LogP contribution in [0.2, 0.25) is 19.6 Å². The van der Waals surface area contributed by atoms with Gasteiger partial charge in [-0.3, -0.25) is 0 Å². The summed E-state index contributed by atoms with van der Waals surface area (Å²) in [4.78, 5) is 0. The first-order valence-electron chi connectivity index (χ1n) is 3.57. The molecule has 0 N–H and O–H groups in total. The van der Waals surface area contributed by atoms with Crippen molar-refractivity contribution in [2.24, 2.45) is 0 Å². The van der Waals surface area contributed by atoms with Crippen LogP contribution < -0.4 is 24.0 Å². The molecule has 0 unspecified atom stereocenters. The van der Waals surface area contributed by atoms with E-state index in [1.807, 2.05) is 6.07 Å². The predicted molar refractivity (Wildman–Crippen MR) is 48.3 cm³/mol. The molecule has 0 nitrogen and oxygen atoms in total. The van der Waals surface area contributed by atoms with Gasteiger partial charge < -0.3 is 0 Å². The Morgan fingerprint density at radius 2 is 1.91 bits per heavy atom. The summed E-state index contributed by atoms with van der Waals surface area (Å²) in [5.74, 6) is 0. The van der Waals surface area contributed by atoms with Crippen LogP contribution in [0, 0.1) is 6.07 Å². The SMILES string of the molecule is C[Si](C)(C)c1c[c-]ccc1.[Li+]. The summed E-state index contributed by atoms with van der Waals surface area (Å²) in [6, 6.07) is 11.4. The molecule has 0 heterocycles. The van der Waals surface area contributed by atoms with Gasteiger partial charge in [0.25, 0.3) is 0 Å². The maximum atomic E-state index is 3.10. The standard InChI is InChI=1S/C9H13Si.Li/c1-10(2,3)9-7-5-4-6-8-9;/h4-5,7-8H,1-3H3;/q-1;+1. The van der Waals surface area contributed by atoms with E-state index in [4.69, 9.17) is 0 Å². The van der Waals surface area contributed by atoms with E-state index in [9.17, 15) is 0 Å². The second-order valence-corrected chi connectivity index (χ2v) is 8.62. The van der Waals surface area contributed by atoms with Crippen molar-refractivity contribution >= 4 is 13.3 Å². The average molecular weight is 156 g/mol. The third kappa shape index (κ3) is 3.29. The van der Waals surface area contributed by atoms with Crippen LogP contribution in [-0.2, 0) is 0 Å². The molecule has 1 aromatic carbocycles. The molecule has 2 heteroatoms. The summed E-state index contributed by atoms with van der Waals surface area (Å²) in [6.45, 7) is 7.03. The van der Waals surface area contributed by atoms with Crippen LogP contribution in [0.25, 0.3) is 0 Å². The van der Waals surface area contributed by atoms with Gasteiger partial charge in [0.15, 0.2) is 0 Å². The maximum absolute atomic E-state index is 3.10. The predicted octanol–water partition coefficient (Wildman–Crippen LogP) is -0.964. The number of benzene rings is 1. The normalized spacial score (nSPS) is 10.5. The van der Waals surface area contributed by atoms with Gasteiger partial charge in [-0.25, -0.2) is 0 Å². The summed E-state index contributed by atoms with van der Waals surface area (Å²) in [5, 5.41) is 1.48. The molecule has 0 amide bonds. The van der Waals surface area contributed by atoms with E-state index in [1.54, 1.807) is 0 Å². The zero-order valence-corrected chi connectivity index (χ0v) is 8.81. The monoisotopic (exact) mass is 156 g/mol. The Balaban J connectivity index is 0.000001000. The van der Waals surface area contributed by atoms with Crippen LogP contribution in [0.5, 0.6) is 0 Å². The van der Waals surface area contributed by atoms with E-state index >= 15 is 0 Å². The average Bonchev–Trinajstić information content (AvgIpc) is 1.88. The minimum absolute atomic E-state index is 0. The Morgan fingerprint density at radius 3 is 2.18 bits per heavy atom. The minimum atomic E-state index is -1.06. The van der Waals surface area contributed by atoms with Crippen molar-refractivity contribution in [2.75, 3.05) is 0 Å². The fourth-order valence-electron chi connectivity index (χ4n) is 0.860. The van der Waals surface area contributed by atoms with Crippen molar-refractivity contribution in [1.82, 2.24) is 0 Å². The van der Waals surface area contributed by atoms with Gasteiger partial charge in [0, 0.05) is 8.07 Å². The van der Waals surface area contributed by atoms with Gasteiger partial charge in [-0.05, 0) is 0 Å². The zero-order valence-electron chi connectivity index (χ0n) is 7.81. The van der Waals surface area contributed by atoms with Crippen molar-refractivity contribution in [1.29, 1.82) is 0 Å². The maximum Gasteiger partial charge on any atom is 1.00 e. The first-order chi connectivity index (χ1) is 4.61. The van der Waals surface area contributed by atoms with Crippen LogP contribution in [-0.4, -0.2) is 8.07 Å². The molecule has 0 aliphatic heterocycles. The fourth-order valence-corrected chi connectivity index (χ4v) is 1.97. The van der Waals surface area contributed by atoms with Crippen LogP contribution in [0.4, 0.5) is 0 Å². The molecular formula is C9H13LiSi. The van der Waals surface area contributed by atoms with Crippen molar-refractivity contribution in [3.8, 4) is 0 Å². The van der Waals surface area contributed by atoms with Crippen LogP contribution in [0.3, 0.4) is 0 Å². The second-order valence-electron chi connectivity index (χ2n) is 3.54. The van der Waals surface area contributed by atoms with Crippen molar-refractivity contribution < 1.29 is 18.9 Å². The van der Waals surface area contributed by atoms with E-state index < -0.39 is 8.07 Å². The first-order valence-corrected chi connectivity index (χ1v) is 7.07. The quantitative estimate of drug-likeness (QED) is 0.363. The molecule has 1 aromatic rings. The molecule has 0 saturated heterocycles. The molecule has 0 aromatic heterocycles. The Labute approximate surface area is 82.2 Å². The van der Waals surface area contributed by atoms with Gasteiger partial charge in [0.1, 0.15) is 0 Å². The first kappa shape index (κ1) is 11.0. The number of hydrogen-bond donors (Lipinski definition) is 0. The summed E-state index contributed by atoms with van der Waals surface area (Å²) in [7, 11) is -1.06. The van der Waals surface area contributed by atoms with Gasteiger partial charge in [-0.2, -0.15) is 35.5 Å². The molecule has 0 bridgehead atoms. The van der Waals surface area contributed by atoms with Crippen LogP contribution in [0.15, 0.2) is 24.3 Å². The third-order valence-corrected chi connectivity index (χ3v) is 3.62. The molecule has 0 spiro atoms. The largest absolute Gasteiger partial charge is 1.00 e.